The van der Waals surface area contributed by atoms with Crippen LogP contribution in [0.3, 0.4) is 0 Å². The fourth-order valence-electron chi connectivity index (χ4n) is 7.52. The number of aryl methyl sites for hydroxylation is 1. The third-order valence-electron chi connectivity index (χ3n) is 10.2. The molecular weight excluding hydrogens is 827 g/mol. The van der Waals surface area contributed by atoms with Gasteiger partial charge in [0.25, 0.3) is 20.2 Å². The van der Waals surface area contributed by atoms with Crippen LogP contribution < -0.4 is 10.6 Å². The number of hydrogen-bond acceptors (Lipinski definition) is 5. The molecule has 0 radical (unpaired) electrons. The molecule has 59 heavy (non-hydrogen) atoms. The number of halogens is 6. The summed E-state index contributed by atoms with van der Waals surface area (Å²) in [6, 6.07) is 1.93. The van der Waals surface area contributed by atoms with Gasteiger partial charge in [0.05, 0.1) is 28.0 Å². The summed E-state index contributed by atoms with van der Waals surface area (Å²) >= 11 is 0. The third-order valence-corrected chi connectivity index (χ3v) is 11.8. The summed E-state index contributed by atoms with van der Waals surface area (Å²) in [4.78, 5) is 11.1. The minimum atomic E-state index is -4.36. The fourth-order valence-corrected chi connectivity index (χ4v) is 8.62. The van der Waals surface area contributed by atoms with Gasteiger partial charge in [0, 0.05) is 53.5 Å². The number of aromatic nitrogens is 1. The Balaban J connectivity index is 1.88. The maximum atomic E-state index is 15.7. The molecule has 1 aromatic heterocycles. The Morgan fingerprint density at radius 2 is 1.51 bits per heavy atom. The van der Waals surface area contributed by atoms with Gasteiger partial charge in [0.15, 0.2) is 29.0 Å². The van der Waals surface area contributed by atoms with Gasteiger partial charge >= 0.3 is 5.97 Å². The number of aliphatic carboxylic acids is 1. The van der Waals surface area contributed by atoms with Gasteiger partial charge in [0.2, 0.25) is 5.69 Å². The molecule has 0 spiro atoms. The number of rotatable bonds is 22. The lowest BCUT2D eigenvalue weighted by Gasteiger charge is -2.22. The Bertz CT molecular complexity index is 2530. The van der Waals surface area contributed by atoms with E-state index in [1.807, 2.05) is 0 Å². The highest BCUT2D eigenvalue weighted by molar-refractivity contribution is 7.86. The van der Waals surface area contributed by atoms with E-state index in [1.165, 1.54) is 34.9 Å². The van der Waals surface area contributed by atoms with Crippen molar-refractivity contribution in [1.82, 2.24) is 4.57 Å². The molecule has 1 atom stereocenters. The van der Waals surface area contributed by atoms with Crippen LogP contribution in [0.1, 0.15) is 83.1 Å². The molecular formula is C41H47F6N2O8S2+. The molecule has 18 heteroatoms. The molecule has 0 bridgehead atoms. The van der Waals surface area contributed by atoms with E-state index >= 15 is 13.2 Å². The smallest absolute Gasteiger partial charge is 0.303 e. The van der Waals surface area contributed by atoms with Crippen molar-refractivity contribution in [3.05, 3.63) is 100 Å². The van der Waals surface area contributed by atoms with E-state index in [4.69, 9.17) is 5.11 Å². The Morgan fingerprint density at radius 3 is 2.17 bits per heavy atom. The van der Waals surface area contributed by atoms with Gasteiger partial charge in [-0.2, -0.15) is 21.4 Å². The monoisotopic (exact) mass is 873 g/mol. The summed E-state index contributed by atoms with van der Waals surface area (Å²) in [5, 5.41) is 8.56. The number of unbranched alkanes of at least 4 members (excludes halogenated alkanes) is 5. The Morgan fingerprint density at radius 1 is 0.831 bits per heavy atom. The Kier molecular flexibility index (Phi) is 16.1. The molecule has 1 aliphatic heterocycles. The second-order valence-electron chi connectivity index (χ2n) is 14.5. The largest absolute Gasteiger partial charge is 0.481 e. The van der Waals surface area contributed by atoms with Crippen LogP contribution >= 0.6 is 0 Å². The zero-order chi connectivity index (χ0) is 43.7. The van der Waals surface area contributed by atoms with Gasteiger partial charge in [0.1, 0.15) is 18.2 Å². The lowest BCUT2D eigenvalue weighted by molar-refractivity contribution is -0.438. The first kappa shape index (κ1) is 47.2. The minimum absolute atomic E-state index is 0.00793. The molecule has 1 aliphatic rings. The third kappa shape index (κ3) is 11.8. The standard InChI is InChI=1S/C41H46F6N2O8S2/c1-3-4-12-22-49-30(28(16-10-14-23-58(52,53)54)34-36(44)37(45)38(46)39(47)40(34)49)17-7-5-8-18-32-41(2,20-11-15-24-59(55,56)57)35-29(43)25-27(42)26-31(35)48(32)21-13-6-9-19-33(50)51/h3,5,7-8,16-18,25-26H,1,4,6,9-15,19-24H2,2H3,(H2-,50,51,52,53,54,55,56,57)/p+1/b28-16-. The zero-order valence-electron chi connectivity index (χ0n) is 32.4. The number of allylic oxidation sites excluding steroid dienone is 5. The first-order valence-electron chi connectivity index (χ1n) is 19.0. The molecule has 0 aliphatic carbocycles. The van der Waals surface area contributed by atoms with E-state index in [2.05, 4.69) is 6.58 Å². The molecule has 4 rings (SSSR count). The van der Waals surface area contributed by atoms with Crippen LogP contribution in [0, 0.1) is 34.9 Å². The first-order valence-corrected chi connectivity index (χ1v) is 22.2. The van der Waals surface area contributed by atoms with Crippen LogP contribution in [0.15, 0.2) is 49.1 Å². The van der Waals surface area contributed by atoms with Crippen LogP contribution in [0.4, 0.5) is 32.0 Å². The topological polar surface area (TPSA) is 154 Å². The molecule has 0 fully saturated rings. The quantitative estimate of drug-likeness (QED) is 0.0137. The van der Waals surface area contributed by atoms with E-state index in [9.17, 15) is 43.9 Å². The summed E-state index contributed by atoms with van der Waals surface area (Å²) in [6.07, 6.45) is 12.7. The normalized spacial score (nSPS) is 16.8. The molecule has 322 valence electrons. The number of nitrogens with zero attached hydrogens (tertiary/aromatic N) is 2. The van der Waals surface area contributed by atoms with Gasteiger partial charge in [-0.15, -0.1) is 6.58 Å². The highest BCUT2D eigenvalue weighted by Gasteiger charge is 2.49. The van der Waals surface area contributed by atoms with E-state index in [-0.39, 0.29) is 73.4 Å². The number of carboxylic acid groups (broad SMARTS) is 1. The van der Waals surface area contributed by atoms with Crippen LogP contribution in [-0.4, -0.2) is 69.9 Å². The minimum Gasteiger partial charge on any atom is -0.481 e. The zero-order valence-corrected chi connectivity index (χ0v) is 34.0. The molecule has 2 heterocycles. The molecule has 10 nitrogen and oxygen atoms in total. The van der Waals surface area contributed by atoms with Gasteiger partial charge in [-0.1, -0.05) is 36.8 Å². The first-order chi connectivity index (χ1) is 27.7. The molecule has 0 saturated carbocycles. The van der Waals surface area contributed by atoms with Crippen LogP contribution in [0.5, 0.6) is 0 Å². The Labute approximate surface area is 338 Å². The number of fused-ring (bicyclic) bond motifs is 2. The second kappa shape index (κ2) is 20.2. The predicted octanol–water partition coefficient (Wildman–Crippen LogP) is 7.54. The van der Waals surface area contributed by atoms with Crippen molar-refractivity contribution in [3.63, 3.8) is 0 Å². The highest BCUT2D eigenvalue weighted by Crippen LogP contribution is 2.45. The molecule has 3 aromatic rings. The fraction of sp³-hybridized carbons (Fsp3) is 0.415. The van der Waals surface area contributed by atoms with Crippen molar-refractivity contribution < 1.29 is 66.8 Å². The van der Waals surface area contributed by atoms with Crippen LogP contribution in [0.25, 0.3) is 23.1 Å². The summed E-state index contributed by atoms with van der Waals surface area (Å²) < 4.78 is 158. The maximum absolute atomic E-state index is 15.7. The number of benzene rings is 2. The van der Waals surface area contributed by atoms with Crippen molar-refractivity contribution in [1.29, 1.82) is 0 Å². The van der Waals surface area contributed by atoms with E-state index in [0.29, 0.717) is 37.8 Å². The summed E-state index contributed by atoms with van der Waals surface area (Å²) in [5.74, 6) is -11.2. The molecule has 0 saturated heterocycles. The van der Waals surface area contributed by atoms with Crippen molar-refractivity contribution >= 4 is 60.7 Å². The van der Waals surface area contributed by atoms with Crippen molar-refractivity contribution in [3.8, 4) is 0 Å². The van der Waals surface area contributed by atoms with E-state index < -0.39 is 88.9 Å². The van der Waals surface area contributed by atoms with Gasteiger partial charge in [-0.05, 0) is 64.4 Å². The van der Waals surface area contributed by atoms with E-state index in [1.54, 1.807) is 29.7 Å². The van der Waals surface area contributed by atoms with Crippen LogP contribution in [0.2, 0.25) is 0 Å². The van der Waals surface area contributed by atoms with Crippen molar-refractivity contribution in [2.75, 3.05) is 18.1 Å². The molecule has 1 unspecified atom stereocenters. The van der Waals surface area contributed by atoms with Crippen molar-refractivity contribution in [2.45, 2.75) is 89.5 Å². The summed E-state index contributed by atoms with van der Waals surface area (Å²) in [6.45, 7) is 5.61. The average molecular weight is 874 g/mol. The average Bonchev–Trinajstić information content (AvgIpc) is 3.57. The van der Waals surface area contributed by atoms with E-state index in [0.717, 1.165) is 6.07 Å². The molecule has 0 amide bonds. The second-order valence-corrected chi connectivity index (χ2v) is 17.6. The number of carbonyl (C=O) groups is 1. The molecule has 3 N–H and O–H groups in total. The predicted molar refractivity (Wildman–Crippen MR) is 213 cm³/mol. The number of hydrogen-bond donors (Lipinski definition) is 3. The van der Waals surface area contributed by atoms with Gasteiger partial charge in [-0.3, -0.25) is 13.9 Å². The lowest BCUT2D eigenvalue weighted by Crippen LogP contribution is -2.32. The van der Waals surface area contributed by atoms with Crippen molar-refractivity contribution in [2.24, 2.45) is 0 Å². The lowest BCUT2D eigenvalue weighted by atomic mass is 9.75. The highest BCUT2D eigenvalue weighted by atomic mass is 32.2. The Hall–Kier alpha value is -4.52. The van der Waals surface area contributed by atoms with Gasteiger partial charge < -0.3 is 9.67 Å². The number of carboxylic acids is 1. The van der Waals surface area contributed by atoms with Crippen LogP contribution in [-0.2, 0) is 37.0 Å². The summed E-state index contributed by atoms with van der Waals surface area (Å²) in [5.41, 5.74) is -0.817. The SMILES string of the molecule is C=CCCCn1c(=C/C=C/C=C/C2=[N+](CCCCCC(=O)O)c3cc(F)cc(F)c3C2(C)CCCCS(=O)(=O)O)/c(=C/CCCS(=O)(=O)O)c2c(F)c(F)c(F)c(F)c21. The molecule has 2 aromatic carbocycles. The van der Waals surface area contributed by atoms with Gasteiger partial charge in [-0.25, -0.2) is 26.3 Å². The summed E-state index contributed by atoms with van der Waals surface area (Å²) in [7, 11) is -8.64. The maximum Gasteiger partial charge on any atom is 0.303 e.